The fourth-order valence-electron chi connectivity index (χ4n) is 15.9. The first-order chi connectivity index (χ1) is 46.6. The summed E-state index contributed by atoms with van der Waals surface area (Å²) >= 11 is 0. The van der Waals surface area contributed by atoms with Gasteiger partial charge in [-0.3, -0.25) is 0 Å². The number of hydrogen-bond donors (Lipinski definition) is 0. The van der Waals surface area contributed by atoms with E-state index in [0.29, 0.717) is 0 Å². The van der Waals surface area contributed by atoms with Gasteiger partial charge in [0.1, 0.15) is 22.3 Å². The van der Waals surface area contributed by atoms with Crippen LogP contribution in [0, 0.1) is 0 Å². The van der Waals surface area contributed by atoms with Crippen molar-refractivity contribution in [2.45, 2.75) is 0 Å². The summed E-state index contributed by atoms with van der Waals surface area (Å²) in [6.07, 6.45) is 0. The molecule has 18 aromatic carbocycles. The lowest BCUT2D eigenvalue weighted by Gasteiger charge is -2.18. The Morgan fingerprint density at radius 3 is 0.702 bits per heavy atom. The van der Waals surface area contributed by atoms with Gasteiger partial charge in [0.25, 0.3) is 0 Å². The average molecular weight is 1190 g/mol. The van der Waals surface area contributed by atoms with Crippen molar-refractivity contribution in [3.05, 3.63) is 328 Å². The third-order valence-corrected chi connectivity index (χ3v) is 20.2. The molecule has 2 heteroatoms. The van der Waals surface area contributed by atoms with Crippen LogP contribution >= 0.6 is 0 Å². The average Bonchev–Trinajstić information content (AvgIpc) is 1.53. The fraction of sp³-hybridized carbons (Fsp3) is 0. The molecule has 434 valence electrons. The topological polar surface area (TPSA) is 26.3 Å². The van der Waals surface area contributed by atoms with Gasteiger partial charge in [-0.25, -0.2) is 0 Å². The van der Waals surface area contributed by atoms with Crippen LogP contribution in [-0.4, -0.2) is 0 Å². The molecule has 0 fully saturated rings. The number of fused-ring (bicyclic) bond motifs is 18. The first-order valence-corrected chi connectivity index (χ1v) is 32.4. The molecule has 20 aromatic rings. The Morgan fingerprint density at radius 1 is 0.138 bits per heavy atom. The Bertz CT molecular complexity index is 6210. The van der Waals surface area contributed by atoms with Gasteiger partial charge >= 0.3 is 0 Å². The molecule has 0 saturated carbocycles. The van der Waals surface area contributed by atoms with Crippen molar-refractivity contribution in [1.82, 2.24) is 0 Å². The van der Waals surface area contributed by atoms with E-state index >= 15 is 0 Å². The minimum Gasteiger partial charge on any atom is -0.455 e. The third-order valence-electron chi connectivity index (χ3n) is 20.2. The zero-order valence-electron chi connectivity index (χ0n) is 51.0. The van der Waals surface area contributed by atoms with Crippen LogP contribution in [0.3, 0.4) is 0 Å². The first-order valence-electron chi connectivity index (χ1n) is 32.4. The van der Waals surface area contributed by atoms with Crippen molar-refractivity contribution in [3.63, 3.8) is 0 Å². The van der Waals surface area contributed by atoms with E-state index in [4.69, 9.17) is 8.83 Å². The highest BCUT2D eigenvalue weighted by atomic mass is 16.3. The summed E-state index contributed by atoms with van der Waals surface area (Å²) in [5, 5.41) is 23.8. The maximum Gasteiger partial charge on any atom is 0.143 e. The highest BCUT2D eigenvalue weighted by molar-refractivity contribution is 6.22. The number of rotatable bonds is 7. The van der Waals surface area contributed by atoms with E-state index < -0.39 is 0 Å². The molecule has 0 amide bonds. The molecule has 0 unspecified atom stereocenters. The summed E-state index contributed by atoms with van der Waals surface area (Å²) < 4.78 is 14.7. The second-order valence-corrected chi connectivity index (χ2v) is 25.3. The Kier molecular flexibility index (Phi) is 11.5. The van der Waals surface area contributed by atoms with Crippen LogP contribution in [0.1, 0.15) is 0 Å². The highest BCUT2D eigenvalue weighted by Gasteiger charge is 2.25. The van der Waals surface area contributed by atoms with E-state index in [1.807, 2.05) is 0 Å². The SMILES string of the molecule is c1ccc(-c2cc(-c3cc4ccccc4c4ccccc34)cc3c2oc2ccc(-c4cc5ccccc5c5ccccc45)cc23)c(-c2ccccc2-c2cc(-c3cc4ccccc4c4ccccc34)cc3c2oc2ccc(-c4cc5ccccc5c5ccccc45)cc23)c1. The zero-order valence-corrected chi connectivity index (χ0v) is 51.0. The molecule has 0 aliphatic heterocycles. The summed E-state index contributed by atoms with van der Waals surface area (Å²) in [5.74, 6) is 0. The Balaban J connectivity index is 0.838. The number of benzene rings is 18. The molecular weight excluding hydrogens is 1140 g/mol. The maximum atomic E-state index is 7.33. The largest absolute Gasteiger partial charge is 0.455 e. The molecule has 2 heterocycles. The molecular formula is C92H54O2. The monoisotopic (exact) mass is 1190 g/mol. The molecule has 0 atom stereocenters. The van der Waals surface area contributed by atoms with Gasteiger partial charge in [-0.15, -0.1) is 0 Å². The van der Waals surface area contributed by atoms with Crippen molar-refractivity contribution in [3.8, 4) is 77.9 Å². The van der Waals surface area contributed by atoms with Crippen LogP contribution in [-0.2, 0) is 0 Å². The van der Waals surface area contributed by atoms with Crippen molar-refractivity contribution in [1.29, 1.82) is 0 Å². The quantitative estimate of drug-likeness (QED) is 0.149. The lowest BCUT2D eigenvalue weighted by atomic mass is 9.85. The lowest BCUT2D eigenvalue weighted by Crippen LogP contribution is -1.92. The molecule has 0 aliphatic rings. The molecule has 0 bridgehead atoms. The van der Waals surface area contributed by atoms with Gasteiger partial charge in [-0.05, 0) is 226 Å². The zero-order chi connectivity index (χ0) is 61.5. The van der Waals surface area contributed by atoms with Crippen LogP contribution in [0.4, 0.5) is 0 Å². The summed E-state index contributed by atoms with van der Waals surface area (Å²) in [6, 6.07) is 121. The van der Waals surface area contributed by atoms with Gasteiger partial charge in [0, 0.05) is 32.7 Å². The molecule has 94 heavy (non-hydrogen) atoms. The number of furan rings is 2. The van der Waals surface area contributed by atoms with E-state index in [-0.39, 0.29) is 0 Å². The van der Waals surface area contributed by atoms with Crippen LogP contribution in [0.5, 0.6) is 0 Å². The van der Waals surface area contributed by atoms with E-state index in [1.54, 1.807) is 0 Å². The summed E-state index contributed by atoms with van der Waals surface area (Å²) in [5.41, 5.74) is 18.9. The highest BCUT2D eigenvalue weighted by Crippen LogP contribution is 2.50. The predicted octanol–water partition coefficient (Wildman–Crippen LogP) is 26.4. The Hall–Kier alpha value is -12.4. The van der Waals surface area contributed by atoms with E-state index in [1.165, 1.54) is 108 Å². The molecule has 0 radical (unpaired) electrons. The van der Waals surface area contributed by atoms with Crippen LogP contribution < -0.4 is 0 Å². The molecule has 0 saturated heterocycles. The second-order valence-electron chi connectivity index (χ2n) is 25.3. The molecule has 20 rings (SSSR count). The molecule has 2 nitrogen and oxygen atoms in total. The smallest absolute Gasteiger partial charge is 0.143 e. The van der Waals surface area contributed by atoms with E-state index in [0.717, 1.165) is 99.5 Å². The normalized spacial score (nSPS) is 12.0. The first kappa shape index (κ1) is 52.4. The standard InChI is InChI=1S/C92H54O2/c1-5-25-63-55(21-1)45-79(73-35-15-9-29-67(63)73)59-41-43-89-83(49-59)87-53-61(81-47-57-23-3-7-27-65(57)69-31-11-17-37-75(69)81)51-85(91(87)93-89)77-39-19-13-33-71(77)72-34-14-20-40-78(72)86-52-62(82-48-58-24-4-8-28-66(58)70-32-12-18-38-76(70)82)54-88-84-50-60(42-44-90(84)94-92(86)88)80-46-56-22-2-6-26-64(56)68-30-10-16-36-74(68)80/h1-54H. The Morgan fingerprint density at radius 2 is 0.383 bits per heavy atom. The van der Waals surface area contributed by atoms with E-state index in [9.17, 15) is 0 Å². The summed E-state index contributed by atoms with van der Waals surface area (Å²) in [6.45, 7) is 0. The van der Waals surface area contributed by atoms with Crippen LogP contribution in [0.25, 0.3) is 208 Å². The van der Waals surface area contributed by atoms with Gasteiger partial charge < -0.3 is 8.83 Å². The van der Waals surface area contributed by atoms with Crippen molar-refractivity contribution in [2.75, 3.05) is 0 Å². The molecule has 0 aliphatic carbocycles. The van der Waals surface area contributed by atoms with Crippen molar-refractivity contribution in [2.24, 2.45) is 0 Å². The summed E-state index contributed by atoms with van der Waals surface area (Å²) in [4.78, 5) is 0. The van der Waals surface area contributed by atoms with Crippen LogP contribution in [0.15, 0.2) is 336 Å². The van der Waals surface area contributed by atoms with Gasteiger partial charge in [-0.2, -0.15) is 0 Å². The Labute approximate surface area is 541 Å². The van der Waals surface area contributed by atoms with Crippen molar-refractivity contribution >= 4 is 130 Å². The van der Waals surface area contributed by atoms with E-state index in [2.05, 4.69) is 328 Å². The molecule has 2 aromatic heterocycles. The minimum absolute atomic E-state index is 0.839. The van der Waals surface area contributed by atoms with Crippen molar-refractivity contribution < 1.29 is 8.83 Å². The second kappa shape index (κ2) is 20.6. The molecule has 0 N–H and O–H groups in total. The van der Waals surface area contributed by atoms with Gasteiger partial charge in [0.2, 0.25) is 0 Å². The summed E-state index contributed by atoms with van der Waals surface area (Å²) in [7, 11) is 0. The fourth-order valence-corrected chi connectivity index (χ4v) is 15.9. The van der Waals surface area contributed by atoms with Crippen LogP contribution in [0.2, 0.25) is 0 Å². The lowest BCUT2D eigenvalue weighted by molar-refractivity contribution is 0.669. The minimum atomic E-state index is 0.839. The molecule has 0 spiro atoms. The van der Waals surface area contributed by atoms with Gasteiger partial charge in [0.05, 0.1) is 0 Å². The predicted molar refractivity (Wildman–Crippen MR) is 399 cm³/mol. The third kappa shape index (κ3) is 8.03. The van der Waals surface area contributed by atoms with Gasteiger partial charge in [0.15, 0.2) is 0 Å². The maximum absolute atomic E-state index is 7.33. The number of hydrogen-bond acceptors (Lipinski definition) is 2. The van der Waals surface area contributed by atoms with Gasteiger partial charge in [-0.1, -0.05) is 255 Å².